The van der Waals surface area contributed by atoms with Gasteiger partial charge in [0.1, 0.15) is 5.01 Å². The minimum atomic E-state index is 1.03. The Labute approximate surface area is 89.1 Å². The Morgan fingerprint density at radius 2 is 2.07 bits per heavy atom. The first kappa shape index (κ1) is 10.1. The molecule has 0 bridgehead atoms. The van der Waals surface area contributed by atoms with E-state index >= 15 is 0 Å². The molecule has 1 fully saturated rings. The molecule has 78 valence electrons. The van der Waals surface area contributed by atoms with Crippen LogP contribution in [0.1, 0.15) is 15.6 Å². The maximum absolute atomic E-state index is 4.56. The van der Waals surface area contributed by atoms with Gasteiger partial charge >= 0.3 is 0 Å². The van der Waals surface area contributed by atoms with Crippen LogP contribution in [-0.4, -0.2) is 36.1 Å². The molecule has 2 rings (SSSR count). The first-order valence-electron chi connectivity index (χ1n) is 5.11. The molecule has 2 heterocycles. The molecule has 1 aromatic heterocycles. The zero-order valence-corrected chi connectivity index (χ0v) is 9.65. The normalized spacial score (nSPS) is 18.7. The molecule has 1 saturated heterocycles. The van der Waals surface area contributed by atoms with Crippen molar-refractivity contribution in [3.8, 4) is 0 Å². The van der Waals surface area contributed by atoms with E-state index < -0.39 is 0 Å². The van der Waals surface area contributed by atoms with Gasteiger partial charge in [-0.1, -0.05) is 0 Å². The third kappa shape index (κ3) is 2.32. The third-order valence-corrected chi connectivity index (χ3v) is 3.70. The maximum Gasteiger partial charge on any atom is 0.107 e. The molecule has 4 heteroatoms. The predicted molar refractivity (Wildman–Crippen MR) is 59.7 cm³/mol. The lowest BCUT2D eigenvalue weighted by molar-refractivity contribution is 0.233. The van der Waals surface area contributed by atoms with Gasteiger partial charge in [-0.3, -0.25) is 4.90 Å². The second-order valence-electron chi connectivity index (χ2n) is 3.78. The summed E-state index contributed by atoms with van der Waals surface area (Å²) in [6.07, 6.45) is 0. The molecule has 0 spiro atoms. The van der Waals surface area contributed by atoms with Crippen LogP contribution in [0.5, 0.6) is 0 Å². The quantitative estimate of drug-likeness (QED) is 0.796. The molecule has 14 heavy (non-hydrogen) atoms. The lowest BCUT2D eigenvalue weighted by atomic mass is 10.3. The first-order chi connectivity index (χ1) is 6.75. The summed E-state index contributed by atoms with van der Waals surface area (Å²) in [7, 11) is 0. The Hall–Kier alpha value is -0.450. The third-order valence-electron chi connectivity index (χ3n) is 2.64. The van der Waals surface area contributed by atoms with E-state index in [1.54, 1.807) is 0 Å². The lowest BCUT2D eigenvalue weighted by Crippen LogP contribution is -2.42. The van der Waals surface area contributed by atoms with Crippen molar-refractivity contribution >= 4 is 11.3 Å². The van der Waals surface area contributed by atoms with E-state index in [0.717, 1.165) is 32.7 Å². The summed E-state index contributed by atoms with van der Waals surface area (Å²) in [6.45, 7) is 9.80. The zero-order valence-electron chi connectivity index (χ0n) is 8.84. The average Bonchev–Trinajstić information content (AvgIpc) is 2.47. The molecular weight excluding hydrogens is 194 g/mol. The molecule has 3 nitrogen and oxygen atoms in total. The highest BCUT2D eigenvalue weighted by atomic mass is 32.1. The summed E-state index contributed by atoms with van der Waals surface area (Å²) < 4.78 is 0. The van der Waals surface area contributed by atoms with Crippen LogP contribution in [0, 0.1) is 13.8 Å². The fourth-order valence-corrected chi connectivity index (χ4v) is 2.64. The molecule has 1 aromatic rings. The Morgan fingerprint density at radius 1 is 1.36 bits per heavy atom. The fourth-order valence-electron chi connectivity index (χ4n) is 1.67. The summed E-state index contributed by atoms with van der Waals surface area (Å²) >= 11 is 1.83. The van der Waals surface area contributed by atoms with Gasteiger partial charge in [0.05, 0.1) is 12.2 Å². The van der Waals surface area contributed by atoms with Crippen LogP contribution in [0.2, 0.25) is 0 Å². The van der Waals surface area contributed by atoms with Crippen molar-refractivity contribution in [3.63, 3.8) is 0 Å². The van der Waals surface area contributed by atoms with E-state index in [9.17, 15) is 0 Å². The number of nitrogens with one attached hydrogen (secondary N) is 1. The number of hydrogen-bond donors (Lipinski definition) is 1. The Balaban J connectivity index is 1.95. The van der Waals surface area contributed by atoms with E-state index in [1.165, 1.54) is 15.6 Å². The molecule has 0 aliphatic carbocycles. The number of nitrogens with zero attached hydrogens (tertiary/aromatic N) is 2. The van der Waals surface area contributed by atoms with Gasteiger partial charge in [0.25, 0.3) is 0 Å². The molecule has 1 N–H and O–H groups in total. The molecule has 1 aliphatic rings. The Bertz CT molecular complexity index is 283. The summed E-state index contributed by atoms with van der Waals surface area (Å²) in [5.74, 6) is 0. The van der Waals surface area contributed by atoms with Crippen LogP contribution in [0.3, 0.4) is 0 Å². The number of aryl methyl sites for hydroxylation is 2. The lowest BCUT2D eigenvalue weighted by Gasteiger charge is -2.26. The SMILES string of the molecule is Cc1nc(CN2CCNCC2)sc1C. The molecule has 0 radical (unpaired) electrons. The fraction of sp³-hybridized carbons (Fsp3) is 0.700. The van der Waals surface area contributed by atoms with Crippen LogP contribution in [0.4, 0.5) is 0 Å². The van der Waals surface area contributed by atoms with Crippen molar-refractivity contribution in [2.45, 2.75) is 20.4 Å². The maximum atomic E-state index is 4.56. The molecule has 0 unspecified atom stereocenters. The van der Waals surface area contributed by atoms with E-state index in [-0.39, 0.29) is 0 Å². The molecule has 0 atom stereocenters. The summed E-state index contributed by atoms with van der Waals surface area (Å²) in [5.41, 5.74) is 1.19. The van der Waals surface area contributed by atoms with Crippen molar-refractivity contribution in [3.05, 3.63) is 15.6 Å². The van der Waals surface area contributed by atoms with E-state index in [0.29, 0.717) is 0 Å². The number of piperazine rings is 1. The van der Waals surface area contributed by atoms with Gasteiger partial charge < -0.3 is 5.32 Å². The highest BCUT2D eigenvalue weighted by Gasteiger charge is 2.12. The number of aromatic nitrogens is 1. The number of thiazole rings is 1. The van der Waals surface area contributed by atoms with Crippen LogP contribution in [0.15, 0.2) is 0 Å². The summed E-state index contributed by atoms with van der Waals surface area (Å²) in [4.78, 5) is 8.38. The second-order valence-corrected chi connectivity index (χ2v) is 5.06. The van der Waals surface area contributed by atoms with Crippen molar-refractivity contribution in [1.82, 2.24) is 15.2 Å². The summed E-state index contributed by atoms with van der Waals surface area (Å²) in [5, 5.41) is 4.62. The van der Waals surface area contributed by atoms with Crippen LogP contribution < -0.4 is 5.32 Å². The molecular formula is C10H17N3S. The van der Waals surface area contributed by atoms with Gasteiger partial charge in [-0.2, -0.15) is 0 Å². The molecule has 1 aliphatic heterocycles. The zero-order chi connectivity index (χ0) is 9.97. The topological polar surface area (TPSA) is 28.2 Å². The summed E-state index contributed by atoms with van der Waals surface area (Å²) in [6, 6.07) is 0. The predicted octanol–water partition coefficient (Wildman–Crippen LogP) is 1.17. The molecule has 0 aromatic carbocycles. The largest absolute Gasteiger partial charge is 0.314 e. The standard InChI is InChI=1S/C10H17N3S/c1-8-9(2)14-10(12-8)7-13-5-3-11-4-6-13/h11H,3-7H2,1-2H3. The van der Waals surface area contributed by atoms with Gasteiger partial charge in [-0.25, -0.2) is 4.98 Å². The average molecular weight is 211 g/mol. The molecule has 0 amide bonds. The van der Waals surface area contributed by atoms with Gasteiger partial charge in [0.15, 0.2) is 0 Å². The highest BCUT2D eigenvalue weighted by Crippen LogP contribution is 2.17. The van der Waals surface area contributed by atoms with Gasteiger partial charge in [-0.15, -0.1) is 11.3 Å². The molecule has 0 saturated carbocycles. The van der Waals surface area contributed by atoms with Crippen LogP contribution in [-0.2, 0) is 6.54 Å². The number of hydrogen-bond acceptors (Lipinski definition) is 4. The minimum absolute atomic E-state index is 1.03. The van der Waals surface area contributed by atoms with Crippen molar-refractivity contribution in [2.24, 2.45) is 0 Å². The highest BCUT2D eigenvalue weighted by molar-refractivity contribution is 7.11. The van der Waals surface area contributed by atoms with E-state index in [2.05, 4.69) is 29.0 Å². The first-order valence-corrected chi connectivity index (χ1v) is 5.93. The van der Waals surface area contributed by atoms with Gasteiger partial charge in [-0.05, 0) is 13.8 Å². The van der Waals surface area contributed by atoms with Crippen molar-refractivity contribution < 1.29 is 0 Å². The second kappa shape index (κ2) is 4.38. The number of rotatable bonds is 2. The van der Waals surface area contributed by atoms with Crippen molar-refractivity contribution in [2.75, 3.05) is 26.2 Å². The van der Waals surface area contributed by atoms with E-state index in [1.807, 2.05) is 11.3 Å². The van der Waals surface area contributed by atoms with E-state index in [4.69, 9.17) is 0 Å². The smallest absolute Gasteiger partial charge is 0.107 e. The monoisotopic (exact) mass is 211 g/mol. The minimum Gasteiger partial charge on any atom is -0.314 e. The van der Waals surface area contributed by atoms with Gasteiger partial charge in [0.2, 0.25) is 0 Å². The van der Waals surface area contributed by atoms with Gasteiger partial charge in [0, 0.05) is 31.1 Å². The van der Waals surface area contributed by atoms with Crippen LogP contribution >= 0.6 is 11.3 Å². The van der Waals surface area contributed by atoms with Crippen LogP contribution in [0.25, 0.3) is 0 Å². The van der Waals surface area contributed by atoms with Crippen molar-refractivity contribution in [1.29, 1.82) is 0 Å². The Morgan fingerprint density at radius 3 is 2.64 bits per heavy atom. The Kier molecular flexibility index (Phi) is 3.15.